The summed E-state index contributed by atoms with van der Waals surface area (Å²) in [7, 11) is 0. The molecule has 0 amide bonds. The fourth-order valence-electron chi connectivity index (χ4n) is 2.14. The molecule has 2 nitrogen and oxygen atoms in total. The topological polar surface area (TPSA) is 17.8 Å². The van der Waals surface area contributed by atoms with E-state index in [1.807, 2.05) is 13.8 Å². The minimum Gasteiger partial charge on any atom is -0.235 e. The van der Waals surface area contributed by atoms with E-state index in [0.717, 1.165) is 17.8 Å². The van der Waals surface area contributed by atoms with Crippen LogP contribution in [0.2, 0.25) is 15.1 Å². The minimum absolute atomic E-state index is 0.501. The van der Waals surface area contributed by atoms with Crippen LogP contribution in [-0.2, 0) is 6.42 Å². The molecule has 18 heavy (non-hydrogen) atoms. The first-order valence-electron chi connectivity index (χ1n) is 5.65. The summed E-state index contributed by atoms with van der Waals surface area (Å²) in [6.45, 7) is 6.10. The Labute approximate surface area is 121 Å². The van der Waals surface area contributed by atoms with Gasteiger partial charge >= 0.3 is 0 Å². The Morgan fingerprint density at radius 3 is 2.11 bits per heavy atom. The van der Waals surface area contributed by atoms with E-state index in [2.05, 4.69) is 12.0 Å². The lowest BCUT2D eigenvalue weighted by Crippen LogP contribution is -2.01. The van der Waals surface area contributed by atoms with Gasteiger partial charge in [0.1, 0.15) is 5.69 Å². The van der Waals surface area contributed by atoms with Crippen LogP contribution in [0.15, 0.2) is 12.1 Å². The van der Waals surface area contributed by atoms with Crippen LogP contribution < -0.4 is 0 Å². The number of nitrogens with zero attached hydrogens (tertiary/aromatic N) is 2. The van der Waals surface area contributed by atoms with Gasteiger partial charge in [0.2, 0.25) is 0 Å². The molecular weight excluding hydrogens is 291 g/mol. The van der Waals surface area contributed by atoms with Crippen molar-refractivity contribution in [2.24, 2.45) is 0 Å². The normalized spacial score (nSPS) is 11.0. The highest BCUT2D eigenvalue weighted by molar-refractivity contribution is 6.40. The molecule has 0 aliphatic rings. The van der Waals surface area contributed by atoms with Gasteiger partial charge in [-0.1, -0.05) is 41.7 Å². The number of aromatic nitrogens is 2. The van der Waals surface area contributed by atoms with Crippen molar-refractivity contribution in [3.8, 4) is 5.69 Å². The summed E-state index contributed by atoms with van der Waals surface area (Å²) in [6, 6.07) is 3.35. The van der Waals surface area contributed by atoms with Crippen LogP contribution in [0.25, 0.3) is 5.69 Å². The smallest absolute Gasteiger partial charge is 0.102 e. The van der Waals surface area contributed by atoms with Crippen LogP contribution in [0.3, 0.4) is 0 Å². The highest BCUT2D eigenvalue weighted by atomic mass is 35.5. The van der Waals surface area contributed by atoms with Crippen molar-refractivity contribution in [2.45, 2.75) is 27.2 Å². The molecule has 0 unspecified atom stereocenters. The van der Waals surface area contributed by atoms with Gasteiger partial charge in [-0.3, -0.25) is 0 Å². The highest BCUT2D eigenvalue weighted by Crippen LogP contribution is 2.33. The molecule has 0 fully saturated rings. The Balaban J connectivity index is 2.70. The van der Waals surface area contributed by atoms with Gasteiger partial charge in [0, 0.05) is 10.7 Å². The molecule has 0 atom stereocenters. The van der Waals surface area contributed by atoms with Gasteiger partial charge in [-0.25, -0.2) is 4.68 Å². The second kappa shape index (κ2) is 5.12. The van der Waals surface area contributed by atoms with Crippen molar-refractivity contribution in [1.82, 2.24) is 9.78 Å². The van der Waals surface area contributed by atoms with Gasteiger partial charge < -0.3 is 0 Å². The monoisotopic (exact) mass is 302 g/mol. The van der Waals surface area contributed by atoms with E-state index in [9.17, 15) is 0 Å². The summed E-state index contributed by atoms with van der Waals surface area (Å²) in [5, 5.41) is 6.03. The predicted octanol–water partition coefficient (Wildman–Crippen LogP) is 5.01. The second-order valence-electron chi connectivity index (χ2n) is 4.13. The Morgan fingerprint density at radius 1 is 1.11 bits per heavy atom. The SMILES string of the molecule is CCc1c(C)nn(-c2c(Cl)cc(Cl)cc2Cl)c1C. The number of aryl methyl sites for hydroxylation is 1. The molecule has 0 aliphatic carbocycles. The van der Waals surface area contributed by atoms with E-state index in [1.54, 1.807) is 16.8 Å². The van der Waals surface area contributed by atoms with E-state index in [1.165, 1.54) is 5.56 Å². The Hall–Kier alpha value is -0.700. The fraction of sp³-hybridized carbons (Fsp3) is 0.308. The molecule has 2 rings (SSSR count). The maximum absolute atomic E-state index is 6.22. The van der Waals surface area contributed by atoms with Crippen molar-refractivity contribution in [3.05, 3.63) is 44.2 Å². The average molecular weight is 304 g/mol. The Bertz CT molecular complexity index is 580. The summed E-state index contributed by atoms with van der Waals surface area (Å²) < 4.78 is 1.79. The van der Waals surface area contributed by atoms with Crippen LogP contribution >= 0.6 is 34.8 Å². The maximum Gasteiger partial charge on any atom is 0.102 e. The molecule has 0 saturated heterocycles. The number of rotatable bonds is 2. The van der Waals surface area contributed by atoms with Gasteiger partial charge in [-0.05, 0) is 38.0 Å². The van der Waals surface area contributed by atoms with E-state index >= 15 is 0 Å². The average Bonchev–Trinajstić information content (AvgIpc) is 2.53. The third-order valence-electron chi connectivity index (χ3n) is 2.99. The van der Waals surface area contributed by atoms with E-state index in [0.29, 0.717) is 20.8 Å². The summed E-state index contributed by atoms with van der Waals surface area (Å²) in [6.07, 6.45) is 0.931. The zero-order valence-corrected chi connectivity index (χ0v) is 12.7. The lowest BCUT2D eigenvalue weighted by molar-refractivity contribution is 0.833. The molecule has 1 aromatic heterocycles. The third kappa shape index (κ3) is 2.25. The fourth-order valence-corrected chi connectivity index (χ4v) is 3.12. The molecule has 5 heteroatoms. The first kappa shape index (κ1) is 13.7. The Kier molecular flexibility index (Phi) is 3.90. The van der Waals surface area contributed by atoms with Crippen LogP contribution in [0.1, 0.15) is 23.9 Å². The molecule has 1 heterocycles. The minimum atomic E-state index is 0.501. The summed E-state index contributed by atoms with van der Waals surface area (Å²) >= 11 is 18.3. The van der Waals surface area contributed by atoms with Crippen molar-refractivity contribution >= 4 is 34.8 Å². The molecule has 0 radical (unpaired) electrons. The summed E-state index contributed by atoms with van der Waals surface area (Å²) in [5.41, 5.74) is 3.96. The first-order valence-corrected chi connectivity index (χ1v) is 6.79. The number of hydrogen-bond donors (Lipinski definition) is 0. The van der Waals surface area contributed by atoms with Gasteiger partial charge in [-0.2, -0.15) is 5.10 Å². The van der Waals surface area contributed by atoms with Crippen LogP contribution in [0, 0.1) is 13.8 Å². The lowest BCUT2D eigenvalue weighted by Gasteiger charge is -2.10. The third-order valence-corrected chi connectivity index (χ3v) is 3.78. The zero-order valence-electron chi connectivity index (χ0n) is 10.4. The molecule has 2 aromatic rings. The molecule has 1 aromatic carbocycles. The summed E-state index contributed by atoms with van der Waals surface area (Å²) in [4.78, 5) is 0. The maximum atomic E-state index is 6.22. The largest absolute Gasteiger partial charge is 0.235 e. The molecule has 96 valence electrons. The zero-order chi connectivity index (χ0) is 13.4. The predicted molar refractivity (Wildman–Crippen MR) is 77.4 cm³/mol. The van der Waals surface area contributed by atoms with E-state index in [-0.39, 0.29) is 0 Å². The highest BCUT2D eigenvalue weighted by Gasteiger charge is 2.16. The molecular formula is C13H13Cl3N2. The molecule has 0 saturated carbocycles. The van der Waals surface area contributed by atoms with Crippen molar-refractivity contribution in [1.29, 1.82) is 0 Å². The number of benzene rings is 1. The van der Waals surface area contributed by atoms with Crippen LogP contribution in [0.4, 0.5) is 0 Å². The van der Waals surface area contributed by atoms with Crippen molar-refractivity contribution < 1.29 is 0 Å². The first-order chi connectivity index (χ1) is 8.45. The van der Waals surface area contributed by atoms with Gasteiger partial charge in [0.05, 0.1) is 15.7 Å². The van der Waals surface area contributed by atoms with Crippen molar-refractivity contribution in [3.63, 3.8) is 0 Å². The molecule has 0 N–H and O–H groups in total. The van der Waals surface area contributed by atoms with Crippen LogP contribution in [0.5, 0.6) is 0 Å². The lowest BCUT2D eigenvalue weighted by atomic mass is 10.1. The number of hydrogen-bond acceptors (Lipinski definition) is 1. The van der Waals surface area contributed by atoms with Gasteiger partial charge in [0.25, 0.3) is 0 Å². The van der Waals surface area contributed by atoms with Gasteiger partial charge in [0.15, 0.2) is 0 Å². The second-order valence-corrected chi connectivity index (χ2v) is 5.38. The van der Waals surface area contributed by atoms with Crippen LogP contribution in [-0.4, -0.2) is 9.78 Å². The standard InChI is InChI=1S/C13H13Cl3N2/c1-4-10-7(2)17-18(8(10)3)13-11(15)5-9(14)6-12(13)16/h5-6H,4H2,1-3H3. The van der Waals surface area contributed by atoms with Gasteiger partial charge in [-0.15, -0.1) is 0 Å². The van der Waals surface area contributed by atoms with Crippen molar-refractivity contribution in [2.75, 3.05) is 0 Å². The quantitative estimate of drug-likeness (QED) is 0.762. The Morgan fingerprint density at radius 2 is 1.67 bits per heavy atom. The van der Waals surface area contributed by atoms with E-state index < -0.39 is 0 Å². The summed E-state index contributed by atoms with van der Waals surface area (Å²) in [5.74, 6) is 0. The number of halogens is 3. The molecule has 0 aliphatic heterocycles. The molecule has 0 bridgehead atoms. The molecule has 0 spiro atoms. The van der Waals surface area contributed by atoms with E-state index in [4.69, 9.17) is 34.8 Å².